The summed E-state index contributed by atoms with van der Waals surface area (Å²) in [5.74, 6) is 0.214. The summed E-state index contributed by atoms with van der Waals surface area (Å²) in [6.45, 7) is 1.02. The molecule has 0 radical (unpaired) electrons. The number of fused-ring (bicyclic) bond motifs is 1. The fourth-order valence-electron chi connectivity index (χ4n) is 2.43. The van der Waals surface area contributed by atoms with Gasteiger partial charge in [0.15, 0.2) is 17.7 Å². The van der Waals surface area contributed by atoms with Gasteiger partial charge in [0.25, 0.3) is 0 Å². The van der Waals surface area contributed by atoms with Gasteiger partial charge in [0.2, 0.25) is 0 Å². The zero-order valence-corrected chi connectivity index (χ0v) is 10.7. The number of nitrogens with zero attached hydrogens (tertiary/aromatic N) is 4. The van der Waals surface area contributed by atoms with Gasteiger partial charge in [-0.3, -0.25) is 4.57 Å². The lowest BCUT2D eigenvalue weighted by Gasteiger charge is -2.27. The van der Waals surface area contributed by atoms with Gasteiger partial charge in [-0.25, -0.2) is 15.0 Å². The zero-order chi connectivity index (χ0) is 14.5. The van der Waals surface area contributed by atoms with Crippen molar-refractivity contribution in [1.29, 1.82) is 0 Å². The summed E-state index contributed by atoms with van der Waals surface area (Å²) in [5, 5.41) is 29.6. The second-order valence-corrected chi connectivity index (χ2v) is 4.96. The second kappa shape index (κ2) is 4.35. The molecule has 1 saturated heterocycles. The van der Waals surface area contributed by atoms with Crippen molar-refractivity contribution in [3.63, 3.8) is 0 Å². The molecule has 3 rings (SSSR count). The Kier molecular flexibility index (Phi) is 2.87. The van der Waals surface area contributed by atoms with Crippen LogP contribution in [-0.4, -0.2) is 59.3 Å². The minimum atomic E-state index is -1.60. The largest absolute Gasteiger partial charge is 0.394 e. The predicted octanol–water partition coefficient (Wildman–Crippen LogP) is -1.59. The summed E-state index contributed by atoms with van der Waals surface area (Å²) in [6, 6.07) is 0. The number of nitrogen functional groups attached to an aromatic ring is 1. The van der Waals surface area contributed by atoms with Crippen LogP contribution in [0.3, 0.4) is 0 Å². The highest BCUT2D eigenvalue weighted by molar-refractivity contribution is 5.81. The minimum Gasteiger partial charge on any atom is -0.394 e. The Hall–Kier alpha value is -1.81. The van der Waals surface area contributed by atoms with Gasteiger partial charge in [0.1, 0.15) is 29.7 Å². The number of ether oxygens (including phenoxy) is 1. The summed E-state index contributed by atoms with van der Waals surface area (Å²) in [6.07, 6.45) is -0.365. The Morgan fingerprint density at radius 1 is 1.45 bits per heavy atom. The van der Waals surface area contributed by atoms with Gasteiger partial charge in [-0.2, -0.15) is 0 Å². The van der Waals surface area contributed by atoms with E-state index in [-0.39, 0.29) is 5.82 Å². The van der Waals surface area contributed by atoms with E-state index in [1.54, 1.807) is 0 Å². The van der Waals surface area contributed by atoms with Crippen molar-refractivity contribution in [2.24, 2.45) is 0 Å². The summed E-state index contributed by atoms with van der Waals surface area (Å²) >= 11 is 0. The maximum Gasteiger partial charge on any atom is 0.168 e. The smallest absolute Gasteiger partial charge is 0.168 e. The zero-order valence-electron chi connectivity index (χ0n) is 10.7. The third kappa shape index (κ3) is 1.68. The quantitative estimate of drug-likeness (QED) is 0.516. The molecule has 3 heterocycles. The molecule has 0 spiro atoms. The molecule has 0 bridgehead atoms. The molecular weight excluding hydrogens is 266 g/mol. The van der Waals surface area contributed by atoms with Gasteiger partial charge in [0, 0.05) is 0 Å². The maximum absolute atomic E-state index is 10.4. The van der Waals surface area contributed by atoms with E-state index in [0.717, 1.165) is 0 Å². The first-order valence-electron chi connectivity index (χ1n) is 6.06. The van der Waals surface area contributed by atoms with Crippen LogP contribution in [0.4, 0.5) is 5.82 Å². The maximum atomic E-state index is 10.4. The fraction of sp³-hybridized carbons (Fsp3) is 0.545. The summed E-state index contributed by atoms with van der Waals surface area (Å²) in [7, 11) is 0. The standard InChI is InChI=1S/C11H15N5O4/c1-11(19)7(18)5(2-17)20-10(11)16-4-15-6-8(12)13-3-14-9(6)16/h3-5,7,10,17-19H,2H2,1H3,(H2,12,13,14)/t5-,7+,10-,11?/m1/s1. The Morgan fingerprint density at radius 3 is 2.85 bits per heavy atom. The van der Waals surface area contributed by atoms with E-state index in [0.29, 0.717) is 11.2 Å². The molecule has 1 aliphatic heterocycles. The fourth-order valence-corrected chi connectivity index (χ4v) is 2.43. The summed E-state index contributed by atoms with van der Waals surface area (Å²) in [5.41, 5.74) is 4.87. The Bertz CT molecular complexity index is 643. The molecule has 5 N–H and O–H groups in total. The molecule has 0 amide bonds. The molecule has 1 fully saturated rings. The number of hydrogen-bond acceptors (Lipinski definition) is 8. The summed E-state index contributed by atoms with van der Waals surface area (Å²) in [4.78, 5) is 12.0. The van der Waals surface area contributed by atoms with Crippen molar-refractivity contribution in [3.8, 4) is 0 Å². The van der Waals surface area contributed by atoms with Crippen LogP contribution in [0.2, 0.25) is 0 Å². The van der Waals surface area contributed by atoms with Crippen LogP contribution in [0.1, 0.15) is 13.2 Å². The van der Waals surface area contributed by atoms with Crippen LogP contribution in [0.5, 0.6) is 0 Å². The molecular formula is C11H15N5O4. The Morgan fingerprint density at radius 2 is 2.20 bits per heavy atom. The highest BCUT2D eigenvalue weighted by atomic mass is 16.6. The normalized spacial score (nSPS) is 33.9. The van der Waals surface area contributed by atoms with Crippen LogP contribution >= 0.6 is 0 Å². The lowest BCUT2D eigenvalue weighted by molar-refractivity contribution is -0.0950. The number of aliphatic hydroxyl groups is 3. The average molecular weight is 281 g/mol. The highest BCUT2D eigenvalue weighted by Crippen LogP contribution is 2.39. The number of aromatic nitrogens is 4. The predicted molar refractivity (Wildman–Crippen MR) is 67.4 cm³/mol. The number of rotatable bonds is 2. The van der Waals surface area contributed by atoms with Crippen molar-refractivity contribution in [3.05, 3.63) is 12.7 Å². The first-order chi connectivity index (χ1) is 9.46. The molecule has 2 aromatic heterocycles. The van der Waals surface area contributed by atoms with Crippen LogP contribution in [0, 0.1) is 0 Å². The highest BCUT2D eigenvalue weighted by Gasteiger charge is 2.53. The molecule has 2 aromatic rings. The third-order valence-electron chi connectivity index (χ3n) is 3.57. The second-order valence-electron chi connectivity index (χ2n) is 4.96. The molecule has 0 saturated carbocycles. The number of hydrogen-bond donors (Lipinski definition) is 4. The van der Waals surface area contributed by atoms with Crippen molar-refractivity contribution >= 4 is 17.0 Å². The molecule has 9 nitrogen and oxygen atoms in total. The van der Waals surface area contributed by atoms with E-state index in [1.165, 1.54) is 24.1 Å². The van der Waals surface area contributed by atoms with E-state index in [1.807, 2.05) is 0 Å². The molecule has 9 heteroatoms. The number of imidazole rings is 1. The van der Waals surface area contributed by atoms with Crippen LogP contribution < -0.4 is 5.73 Å². The number of anilines is 1. The van der Waals surface area contributed by atoms with Crippen molar-refractivity contribution in [2.75, 3.05) is 12.3 Å². The molecule has 0 aliphatic carbocycles. The molecule has 0 aromatic carbocycles. The lowest BCUT2D eigenvalue weighted by atomic mass is 9.96. The van der Waals surface area contributed by atoms with E-state index >= 15 is 0 Å². The van der Waals surface area contributed by atoms with Gasteiger partial charge in [0.05, 0.1) is 12.9 Å². The molecule has 4 atom stereocenters. The third-order valence-corrected chi connectivity index (χ3v) is 3.57. The van der Waals surface area contributed by atoms with Crippen molar-refractivity contribution in [2.45, 2.75) is 31.0 Å². The van der Waals surface area contributed by atoms with Gasteiger partial charge < -0.3 is 25.8 Å². The van der Waals surface area contributed by atoms with E-state index in [2.05, 4.69) is 15.0 Å². The monoisotopic (exact) mass is 281 g/mol. The average Bonchev–Trinajstić information content (AvgIpc) is 2.92. The van der Waals surface area contributed by atoms with Gasteiger partial charge >= 0.3 is 0 Å². The van der Waals surface area contributed by atoms with Crippen LogP contribution in [0.25, 0.3) is 11.2 Å². The van der Waals surface area contributed by atoms with Gasteiger partial charge in [-0.1, -0.05) is 0 Å². The number of aliphatic hydroxyl groups excluding tert-OH is 2. The van der Waals surface area contributed by atoms with Crippen molar-refractivity contribution < 1.29 is 20.1 Å². The van der Waals surface area contributed by atoms with Gasteiger partial charge in [-0.05, 0) is 6.92 Å². The molecule has 108 valence electrons. The topological polar surface area (TPSA) is 140 Å². The molecule has 20 heavy (non-hydrogen) atoms. The van der Waals surface area contributed by atoms with E-state index in [9.17, 15) is 15.3 Å². The Labute approximate surface area is 113 Å². The number of nitrogens with two attached hydrogens (primary N) is 1. The van der Waals surface area contributed by atoms with Crippen LogP contribution in [0.15, 0.2) is 12.7 Å². The molecule has 1 aliphatic rings. The Balaban J connectivity index is 2.10. The van der Waals surface area contributed by atoms with Gasteiger partial charge in [-0.15, -0.1) is 0 Å². The summed E-state index contributed by atoms with van der Waals surface area (Å²) < 4.78 is 6.97. The first-order valence-corrected chi connectivity index (χ1v) is 6.06. The van der Waals surface area contributed by atoms with E-state index < -0.39 is 30.6 Å². The lowest BCUT2D eigenvalue weighted by Crippen LogP contribution is -2.44. The molecule has 1 unspecified atom stereocenters. The SMILES string of the molecule is CC1(O)[C@@H](O)[C@@H](CO)O[C@H]1n1cnc2c(N)ncnc21. The minimum absolute atomic E-state index is 0.214. The van der Waals surface area contributed by atoms with Crippen LogP contribution in [-0.2, 0) is 4.74 Å². The van der Waals surface area contributed by atoms with E-state index in [4.69, 9.17) is 10.5 Å². The van der Waals surface area contributed by atoms with Crippen molar-refractivity contribution in [1.82, 2.24) is 19.5 Å². The first kappa shape index (κ1) is 13.2.